The highest BCUT2D eigenvalue weighted by Gasteiger charge is 2.48. The zero-order chi connectivity index (χ0) is 19.5. The monoisotopic (exact) mass is 446 g/mol. The molecule has 2 aromatic carbocycles. The van der Waals surface area contributed by atoms with Crippen molar-refractivity contribution in [2.45, 2.75) is 31.0 Å². The molecule has 2 amide bonds. The number of hydrogen-bond acceptors (Lipinski definition) is 4. The van der Waals surface area contributed by atoms with Crippen molar-refractivity contribution in [3.05, 3.63) is 71.8 Å². The van der Waals surface area contributed by atoms with E-state index in [-0.39, 0.29) is 57.3 Å². The smallest absolute Gasteiger partial charge is 0.251 e. The van der Waals surface area contributed by atoms with Crippen LogP contribution in [0.5, 0.6) is 0 Å². The van der Waals surface area contributed by atoms with E-state index < -0.39 is 12.1 Å². The van der Waals surface area contributed by atoms with E-state index in [4.69, 9.17) is 4.74 Å². The van der Waals surface area contributed by atoms with Crippen LogP contribution in [0.2, 0.25) is 0 Å². The van der Waals surface area contributed by atoms with E-state index >= 15 is 0 Å². The molecule has 6 nitrogen and oxygen atoms in total. The molecule has 3 atom stereocenters. The van der Waals surface area contributed by atoms with Crippen molar-refractivity contribution in [2.75, 3.05) is 13.2 Å². The first-order chi connectivity index (χ1) is 13.6. The maximum atomic E-state index is 13.3. The average molecular weight is 447 g/mol. The van der Waals surface area contributed by atoms with Gasteiger partial charge in [0.05, 0.1) is 6.10 Å². The topological polar surface area (TPSA) is 75.7 Å². The molecule has 30 heavy (non-hydrogen) atoms. The Hall–Kier alpha value is -2.29. The Kier molecular flexibility index (Phi) is 8.52. The predicted molar refractivity (Wildman–Crippen MR) is 123 cm³/mol. The normalized spacial score (nSPS) is 20.5. The number of ketones is 1. The van der Waals surface area contributed by atoms with Gasteiger partial charge in [-0.15, -0.1) is 0 Å². The molecule has 160 valence electrons. The number of benzene rings is 2. The number of hydrogen-bond donors (Lipinski definition) is 1. The van der Waals surface area contributed by atoms with Gasteiger partial charge >= 0.3 is 0 Å². The highest BCUT2D eigenvalue weighted by atomic mass is 32.1. The fourth-order valence-corrected chi connectivity index (χ4v) is 3.92. The van der Waals surface area contributed by atoms with Crippen LogP contribution in [0, 0.1) is 0 Å². The van der Waals surface area contributed by atoms with E-state index in [1.54, 1.807) is 29.2 Å². The molecule has 4 rings (SSSR count). The van der Waals surface area contributed by atoms with Crippen molar-refractivity contribution >= 4 is 44.6 Å². The Morgan fingerprint density at radius 3 is 2.33 bits per heavy atom. The summed E-state index contributed by atoms with van der Waals surface area (Å²) in [7, 11) is 0. The SMILES string of the molecule is O=C(N[C@@H](Cc1ccccc1)C(=O)N1CC[C@H]2OCC(=O)[C@H]21)c1ccccc1.S.S. The fourth-order valence-electron chi connectivity index (χ4n) is 3.92. The van der Waals surface area contributed by atoms with Gasteiger partial charge in [0.2, 0.25) is 5.91 Å². The number of carbonyl (C=O) groups excluding carboxylic acids is 3. The number of carbonyl (C=O) groups is 3. The van der Waals surface area contributed by atoms with Gasteiger partial charge in [-0.1, -0.05) is 48.5 Å². The fraction of sp³-hybridized carbons (Fsp3) is 0.318. The van der Waals surface area contributed by atoms with Gasteiger partial charge in [-0.05, 0) is 24.1 Å². The van der Waals surface area contributed by atoms with Crippen molar-refractivity contribution in [3.63, 3.8) is 0 Å². The molecule has 0 saturated carbocycles. The Bertz CT molecular complexity index is 879. The zero-order valence-corrected chi connectivity index (χ0v) is 18.4. The van der Waals surface area contributed by atoms with E-state index in [0.717, 1.165) is 5.56 Å². The number of ether oxygens (including phenoxy) is 1. The summed E-state index contributed by atoms with van der Waals surface area (Å²) < 4.78 is 5.49. The summed E-state index contributed by atoms with van der Waals surface area (Å²) in [6.07, 6.45) is 0.784. The summed E-state index contributed by atoms with van der Waals surface area (Å²) >= 11 is 0. The van der Waals surface area contributed by atoms with Crippen LogP contribution in [0.4, 0.5) is 0 Å². The molecule has 0 radical (unpaired) electrons. The number of nitrogens with one attached hydrogen (secondary N) is 1. The minimum Gasteiger partial charge on any atom is -0.368 e. The third-order valence-electron chi connectivity index (χ3n) is 5.32. The molecule has 1 N–H and O–H groups in total. The number of nitrogens with zero attached hydrogens (tertiary/aromatic N) is 1. The Morgan fingerprint density at radius 2 is 1.67 bits per heavy atom. The summed E-state index contributed by atoms with van der Waals surface area (Å²) in [5, 5.41) is 2.87. The second-order valence-electron chi connectivity index (χ2n) is 7.16. The second-order valence-corrected chi connectivity index (χ2v) is 7.16. The average Bonchev–Trinajstić information content (AvgIpc) is 3.31. The maximum Gasteiger partial charge on any atom is 0.251 e. The third kappa shape index (κ3) is 5.06. The summed E-state index contributed by atoms with van der Waals surface area (Å²) in [6.45, 7) is 0.519. The van der Waals surface area contributed by atoms with Gasteiger partial charge in [0.1, 0.15) is 18.7 Å². The lowest BCUT2D eigenvalue weighted by Gasteiger charge is -2.27. The largest absolute Gasteiger partial charge is 0.368 e. The number of likely N-dealkylation sites (tertiary alicyclic amines) is 1. The van der Waals surface area contributed by atoms with Crippen molar-refractivity contribution in [1.82, 2.24) is 10.2 Å². The van der Waals surface area contributed by atoms with Gasteiger partial charge in [-0.3, -0.25) is 14.4 Å². The van der Waals surface area contributed by atoms with Crippen LogP contribution in [0.25, 0.3) is 0 Å². The van der Waals surface area contributed by atoms with E-state index in [2.05, 4.69) is 5.32 Å². The minimum absolute atomic E-state index is 0. The van der Waals surface area contributed by atoms with E-state index in [1.807, 2.05) is 36.4 Å². The predicted octanol–water partition coefficient (Wildman–Crippen LogP) is 1.82. The molecular weight excluding hydrogens is 420 g/mol. The molecule has 8 heteroatoms. The first kappa shape index (κ1) is 24.0. The van der Waals surface area contributed by atoms with Gasteiger partial charge in [-0.2, -0.15) is 27.0 Å². The second kappa shape index (κ2) is 10.7. The van der Waals surface area contributed by atoms with Crippen molar-refractivity contribution in [3.8, 4) is 0 Å². The summed E-state index contributed by atoms with van der Waals surface area (Å²) in [5.74, 6) is -0.609. The highest BCUT2D eigenvalue weighted by Crippen LogP contribution is 2.28. The number of rotatable bonds is 5. The van der Waals surface area contributed by atoms with Crippen LogP contribution in [0.15, 0.2) is 60.7 Å². The summed E-state index contributed by atoms with van der Waals surface area (Å²) in [6, 6.07) is 17.1. The van der Waals surface area contributed by atoms with Crippen molar-refractivity contribution in [2.24, 2.45) is 0 Å². The van der Waals surface area contributed by atoms with E-state index in [1.165, 1.54) is 0 Å². The van der Waals surface area contributed by atoms with Crippen LogP contribution in [0.3, 0.4) is 0 Å². The molecule has 2 heterocycles. The van der Waals surface area contributed by atoms with Gasteiger partial charge in [0.25, 0.3) is 5.91 Å². The van der Waals surface area contributed by atoms with Crippen LogP contribution in [0.1, 0.15) is 22.3 Å². The van der Waals surface area contributed by atoms with Gasteiger partial charge in [0, 0.05) is 18.5 Å². The Balaban J connectivity index is 0.00000160. The third-order valence-corrected chi connectivity index (χ3v) is 5.32. The van der Waals surface area contributed by atoms with Gasteiger partial charge in [-0.25, -0.2) is 0 Å². The molecule has 0 spiro atoms. The van der Waals surface area contributed by atoms with E-state index in [0.29, 0.717) is 24.9 Å². The lowest BCUT2D eigenvalue weighted by atomic mass is 10.0. The van der Waals surface area contributed by atoms with Crippen molar-refractivity contribution in [1.29, 1.82) is 0 Å². The number of Topliss-reactive ketones (excluding diaryl/α,β-unsaturated/α-hetero) is 1. The number of amides is 2. The molecule has 2 saturated heterocycles. The standard InChI is InChI=1S/C22H22N2O4.2H2S/c25-18-14-28-19-11-12-24(20(18)19)22(27)17(13-15-7-3-1-4-8-15)23-21(26)16-9-5-2-6-10-16;;/h1-10,17,19-20H,11-14H2,(H,23,26);2*1H2/t17-,19+,20+;;/m0../s1. The van der Waals surface area contributed by atoms with Crippen LogP contribution in [-0.2, 0) is 20.7 Å². The summed E-state index contributed by atoms with van der Waals surface area (Å²) in [4.78, 5) is 39.8. The molecule has 2 fully saturated rings. The van der Waals surface area contributed by atoms with Crippen LogP contribution >= 0.6 is 27.0 Å². The van der Waals surface area contributed by atoms with E-state index in [9.17, 15) is 14.4 Å². The lowest BCUT2D eigenvalue weighted by molar-refractivity contribution is -0.138. The molecule has 2 aliphatic rings. The first-order valence-corrected chi connectivity index (χ1v) is 9.48. The molecule has 0 unspecified atom stereocenters. The zero-order valence-electron chi connectivity index (χ0n) is 16.4. The Labute approximate surface area is 189 Å². The molecule has 0 bridgehead atoms. The van der Waals surface area contributed by atoms with Crippen LogP contribution < -0.4 is 5.32 Å². The van der Waals surface area contributed by atoms with Crippen LogP contribution in [-0.4, -0.2) is 53.8 Å². The highest BCUT2D eigenvalue weighted by molar-refractivity contribution is 7.59. The maximum absolute atomic E-state index is 13.3. The molecular formula is C22H26N2O4S2. The summed E-state index contributed by atoms with van der Waals surface area (Å²) in [5.41, 5.74) is 1.44. The molecule has 2 aromatic rings. The molecule has 0 aliphatic carbocycles. The Morgan fingerprint density at radius 1 is 1.03 bits per heavy atom. The van der Waals surface area contributed by atoms with Gasteiger partial charge in [0.15, 0.2) is 5.78 Å². The minimum atomic E-state index is -0.748. The quantitative estimate of drug-likeness (QED) is 0.760. The molecule has 2 aliphatic heterocycles. The first-order valence-electron chi connectivity index (χ1n) is 9.48. The van der Waals surface area contributed by atoms with Gasteiger partial charge < -0.3 is 15.0 Å². The number of fused-ring (bicyclic) bond motifs is 1. The van der Waals surface area contributed by atoms with Crippen molar-refractivity contribution < 1.29 is 19.1 Å². The molecule has 0 aromatic heterocycles. The lowest BCUT2D eigenvalue weighted by Crippen LogP contribution is -2.53.